The summed E-state index contributed by atoms with van der Waals surface area (Å²) in [4.78, 5) is 15.3. The third-order valence-corrected chi connectivity index (χ3v) is 11.4. The molecule has 3 aromatic rings. The summed E-state index contributed by atoms with van der Waals surface area (Å²) in [5.41, 5.74) is -1.10. The smallest absolute Gasteiger partial charge is 0.420 e. The first kappa shape index (κ1) is 27.4. The Morgan fingerprint density at radius 2 is 1.38 bits per heavy atom. The van der Waals surface area contributed by atoms with Crippen LogP contribution >= 0.6 is 0 Å². The minimum Gasteiger partial charge on any atom is -0.424 e. The normalized spacial score (nSPS) is 27.2. The van der Waals surface area contributed by atoms with E-state index in [-0.39, 0.29) is 12.2 Å². The average molecular weight is 568 g/mol. The van der Waals surface area contributed by atoms with Gasteiger partial charge in [0.2, 0.25) is 0 Å². The van der Waals surface area contributed by atoms with Crippen LogP contribution in [0, 0.1) is 30.6 Å². The number of rotatable bonds is 7. The molecule has 0 radical (unpaired) electrons. The maximum Gasteiger partial charge on any atom is 0.420 e. The summed E-state index contributed by atoms with van der Waals surface area (Å²) in [7, 11) is -0.771. The highest BCUT2D eigenvalue weighted by Crippen LogP contribution is 2.59. The molecule has 4 aliphatic rings. The number of ether oxygens (including phenoxy) is 2. The first-order valence-corrected chi connectivity index (χ1v) is 15.2. The van der Waals surface area contributed by atoms with E-state index < -0.39 is 40.0 Å². The van der Waals surface area contributed by atoms with Crippen molar-refractivity contribution in [2.24, 2.45) is 23.7 Å². The molecule has 3 aromatic carbocycles. The van der Waals surface area contributed by atoms with Crippen molar-refractivity contribution in [3.8, 4) is 5.75 Å². The number of aryl methyl sites for hydroxylation is 1. The van der Waals surface area contributed by atoms with Gasteiger partial charge >= 0.3 is 12.1 Å². The van der Waals surface area contributed by atoms with Crippen LogP contribution in [0.1, 0.15) is 50.2 Å². The fraction of sp³-hybridized carbons (Fsp3) is 0.424. The first-order valence-electron chi connectivity index (χ1n) is 14.0. The van der Waals surface area contributed by atoms with Gasteiger partial charge in [0.05, 0.1) is 16.5 Å². The number of hydrogen-bond acceptors (Lipinski definition) is 3. The number of esters is 1. The summed E-state index contributed by atoms with van der Waals surface area (Å²) in [5, 5.41) is 0. The third-order valence-electron chi connectivity index (χ3n) is 9.22. The van der Waals surface area contributed by atoms with E-state index in [4.69, 9.17) is 9.47 Å². The molecule has 4 aliphatic carbocycles. The van der Waals surface area contributed by atoms with Crippen LogP contribution in [-0.4, -0.2) is 18.2 Å². The minimum absolute atomic E-state index is 0.267. The molecule has 3 nitrogen and oxygen atoms in total. The second-order valence-electron chi connectivity index (χ2n) is 11.8. The van der Waals surface area contributed by atoms with E-state index in [9.17, 15) is 18.0 Å². The van der Waals surface area contributed by atoms with Gasteiger partial charge in [-0.25, -0.2) is 4.79 Å². The fourth-order valence-corrected chi connectivity index (χ4v) is 9.65. The SMILES string of the molecule is Cc1cc([S+](c2ccccc2)c2ccccc2)cc(C(F)(F)F)c1OC(=O)COC1(C)C2CC3CC(C2)CC1C3. The molecule has 0 unspecified atom stereocenters. The van der Waals surface area contributed by atoms with Gasteiger partial charge in [-0.3, -0.25) is 0 Å². The van der Waals surface area contributed by atoms with Crippen molar-refractivity contribution >= 4 is 16.9 Å². The molecular formula is C33H34F3O3S+. The quantitative estimate of drug-likeness (QED) is 0.164. The lowest BCUT2D eigenvalue weighted by molar-refractivity contribution is -0.199. The zero-order chi connectivity index (χ0) is 28.1. The molecule has 0 heterocycles. The zero-order valence-electron chi connectivity index (χ0n) is 22.7. The Morgan fingerprint density at radius 1 is 0.850 bits per heavy atom. The number of carbonyl (C=O) groups is 1. The van der Waals surface area contributed by atoms with Gasteiger partial charge in [-0.1, -0.05) is 36.4 Å². The number of halogens is 3. The zero-order valence-corrected chi connectivity index (χ0v) is 23.6. The van der Waals surface area contributed by atoms with E-state index in [0.29, 0.717) is 16.7 Å². The van der Waals surface area contributed by atoms with Gasteiger partial charge < -0.3 is 9.47 Å². The van der Waals surface area contributed by atoms with Gasteiger partial charge in [-0.05, 0) is 99.5 Å². The van der Waals surface area contributed by atoms with Gasteiger partial charge in [-0.2, -0.15) is 13.2 Å². The van der Waals surface area contributed by atoms with Gasteiger partial charge in [-0.15, -0.1) is 0 Å². The molecule has 4 fully saturated rings. The van der Waals surface area contributed by atoms with Gasteiger partial charge in [0.25, 0.3) is 0 Å². The highest BCUT2D eigenvalue weighted by Gasteiger charge is 2.55. The molecule has 40 heavy (non-hydrogen) atoms. The van der Waals surface area contributed by atoms with Crippen molar-refractivity contribution in [3.63, 3.8) is 0 Å². The molecule has 4 bridgehead atoms. The Morgan fingerprint density at radius 3 is 1.88 bits per heavy atom. The Labute approximate surface area is 236 Å². The van der Waals surface area contributed by atoms with Crippen LogP contribution in [-0.2, 0) is 26.6 Å². The summed E-state index contributed by atoms with van der Waals surface area (Å²) < 4.78 is 55.0. The highest BCUT2D eigenvalue weighted by atomic mass is 32.2. The predicted molar refractivity (Wildman–Crippen MR) is 148 cm³/mol. The van der Waals surface area contributed by atoms with Crippen molar-refractivity contribution in [1.29, 1.82) is 0 Å². The standard InChI is InChI=1S/C33H34F3O3S/c1-21-13-28(40(26-9-5-3-6-10-26)27-11-7-4-8-12-27)19-29(33(34,35)36)31(21)39-30(37)20-38-32(2)24-15-22-14-23(17-24)18-25(32)16-22/h3-13,19,22-25H,14-18,20H2,1-2H3/q+1. The molecule has 7 heteroatoms. The number of benzene rings is 3. The van der Waals surface area contributed by atoms with Crippen LogP contribution in [0.25, 0.3) is 0 Å². The molecule has 0 aromatic heterocycles. The van der Waals surface area contributed by atoms with Gasteiger partial charge in [0.1, 0.15) is 17.9 Å². The second-order valence-corrected chi connectivity index (χ2v) is 13.8. The predicted octanol–water partition coefficient (Wildman–Crippen LogP) is 8.25. The lowest BCUT2D eigenvalue weighted by atomic mass is 9.50. The Balaban J connectivity index is 1.27. The monoisotopic (exact) mass is 567 g/mol. The van der Waals surface area contributed by atoms with Crippen LogP contribution in [0.15, 0.2) is 87.5 Å². The number of hydrogen-bond donors (Lipinski definition) is 0. The van der Waals surface area contributed by atoms with Crippen LogP contribution in [0.5, 0.6) is 5.75 Å². The molecule has 0 N–H and O–H groups in total. The van der Waals surface area contributed by atoms with Crippen LogP contribution in [0.3, 0.4) is 0 Å². The molecule has 210 valence electrons. The van der Waals surface area contributed by atoms with Crippen LogP contribution in [0.4, 0.5) is 13.2 Å². The topological polar surface area (TPSA) is 35.5 Å². The van der Waals surface area contributed by atoms with Gasteiger partial charge in [0, 0.05) is 12.1 Å². The van der Waals surface area contributed by atoms with E-state index in [0.717, 1.165) is 53.4 Å². The van der Waals surface area contributed by atoms with Crippen molar-refractivity contribution in [2.75, 3.05) is 6.61 Å². The molecule has 0 amide bonds. The first-order chi connectivity index (χ1) is 19.1. The molecule has 0 aliphatic heterocycles. The summed E-state index contributed by atoms with van der Waals surface area (Å²) in [6, 6.07) is 21.9. The lowest BCUT2D eigenvalue weighted by Crippen LogP contribution is -2.57. The van der Waals surface area contributed by atoms with Gasteiger partial charge in [0.15, 0.2) is 14.7 Å². The second kappa shape index (κ2) is 10.6. The van der Waals surface area contributed by atoms with Crippen molar-refractivity contribution < 1.29 is 27.4 Å². The fourth-order valence-electron chi connectivity index (χ4n) is 7.44. The summed E-state index contributed by atoms with van der Waals surface area (Å²) >= 11 is 0. The average Bonchev–Trinajstić information content (AvgIpc) is 2.92. The Bertz CT molecular complexity index is 1310. The van der Waals surface area contributed by atoms with Crippen molar-refractivity contribution in [2.45, 2.75) is 72.4 Å². The van der Waals surface area contributed by atoms with Crippen LogP contribution < -0.4 is 4.74 Å². The maximum absolute atomic E-state index is 14.4. The molecule has 7 rings (SSSR count). The summed E-state index contributed by atoms with van der Waals surface area (Å²) in [6.07, 6.45) is 1.05. The highest BCUT2D eigenvalue weighted by molar-refractivity contribution is 7.97. The van der Waals surface area contributed by atoms with E-state index in [1.807, 2.05) is 60.7 Å². The van der Waals surface area contributed by atoms with Crippen molar-refractivity contribution in [1.82, 2.24) is 0 Å². The molecule has 0 atom stereocenters. The molecule has 0 saturated heterocycles. The Hall–Kier alpha value is -2.77. The number of carbonyl (C=O) groups excluding carboxylic acids is 1. The largest absolute Gasteiger partial charge is 0.424 e. The van der Waals surface area contributed by atoms with Crippen LogP contribution in [0.2, 0.25) is 0 Å². The maximum atomic E-state index is 14.4. The van der Waals surface area contributed by atoms with E-state index in [1.165, 1.54) is 6.42 Å². The Kier molecular flexibility index (Phi) is 7.24. The van der Waals surface area contributed by atoms with E-state index >= 15 is 0 Å². The summed E-state index contributed by atoms with van der Waals surface area (Å²) in [5.74, 6) is 1.07. The summed E-state index contributed by atoms with van der Waals surface area (Å²) in [6.45, 7) is 3.30. The molecule has 0 spiro atoms. The number of alkyl halides is 3. The minimum atomic E-state index is -4.70. The molecule has 4 saturated carbocycles. The lowest BCUT2D eigenvalue weighted by Gasteiger charge is -2.59. The van der Waals surface area contributed by atoms with Crippen molar-refractivity contribution in [3.05, 3.63) is 83.9 Å². The van der Waals surface area contributed by atoms with E-state index in [2.05, 4.69) is 6.92 Å². The third kappa shape index (κ3) is 5.18. The van der Waals surface area contributed by atoms with E-state index in [1.54, 1.807) is 13.0 Å². The molecular weight excluding hydrogens is 533 g/mol.